The van der Waals surface area contributed by atoms with E-state index < -0.39 is 69.4 Å². The van der Waals surface area contributed by atoms with Crippen molar-refractivity contribution in [1.82, 2.24) is 0 Å². The summed E-state index contributed by atoms with van der Waals surface area (Å²) < 4.78 is 130. The normalized spacial score (nSPS) is 12.3. The summed E-state index contributed by atoms with van der Waals surface area (Å²) in [6.45, 7) is 33.7. The van der Waals surface area contributed by atoms with Gasteiger partial charge in [0.15, 0.2) is 0 Å². The highest BCUT2D eigenvalue weighted by atomic mass is 19.4. The largest absolute Gasteiger partial charge is 0.494 e. The lowest BCUT2D eigenvalue weighted by Crippen LogP contribution is -2.29. The molecule has 0 bridgehead atoms. The predicted molar refractivity (Wildman–Crippen MR) is 444 cm³/mol. The molecule has 0 saturated heterocycles. The molecule has 0 aromatic heterocycles. The number of hydrogen-bond donors (Lipinski definition) is 7. The van der Waals surface area contributed by atoms with E-state index in [-0.39, 0.29) is 70.4 Å². The molecular formula is C90H115F9N4O15. The van der Waals surface area contributed by atoms with Crippen molar-refractivity contribution in [1.29, 1.82) is 0 Å². The average Bonchev–Trinajstić information content (AvgIpc) is 0.859. The first-order valence-corrected chi connectivity index (χ1v) is 38.6. The number of rotatable bonds is 31. The number of amides is 4. The molecule has 0 spiro atoms. The van der Waals surface area contributed by atoms with Crippen LogP contribution < -0.4 is 30.7 Å². The maximum Gasteiger partial charge on any atom is 0.416 e. The highest BCUT2D eigenvalue weighted by molar-refractivity contribution is 5.96. The number of esters is 2. The molecule has 0 radical (unpaired) electrons. The van der Waals surface area contributed by atoms with E-state index in [1.54, 1.807) is 96.1 Å². The molecule has 4 amide bonds. The monoisotopic (exact) mass is 1660 g/mol. The number of unbranched alkanes of at least 4 members (excludes halogenated alkanes) is 3. The molecule has 0 aliphatic carbocycles. The number of aryl methyl sites for hydroxylation is 3. The van der Waals surface area contributed by atoms with Gasteiger partial charge in [-0.25, -0.2) is 14.4 Å². The van der Waals surface area contributed by atoms with Gasteiger partial charge in [-0.1, -0.05) is 113 Å². The van der Waals surface area contributed by atoms with Crippen molar-refractivity contribution in [3.63, 3.8) is 0 Å². The summed E-state index contributed by atoms with van der Waals surface area (Å²) in [5.41, 5.74) is 1.43. The summed E-state index contributed by atoms with van der Waals surface area (Å²) >= 11 is 0. The minimum absolute atomic E-state index is 0.0242. The van der Waals surface area contributed by atoms with E-state index >= 15 is 0 Å². The first kappa shape index (κ1) is 105. The van der Waals surface area contributed by atoms with Crippen LogP contribution in [-0.4, -0.2) is 82.0 Å². The fraction of sp³-hybridized carbons (Fsp3) is 0.433. The zero-order chi connectivity index (χ0) is 90.1. The number of ether oxygens (including phenoxy) is 3. The number of carbonyl (C=O) groups excluding carboxylic acids is 6. The summed E-state index contributed by atoms with van der Waals surface area (Å²) in [7, 11) is 0. The van der Waals surface area contributed by atoms with Gasteiger partial charge >= 0.3 is 48.4 Å². The van der Waals surface area contributed by atoms with Crippen LogP contribution in [0.1, 0.15) is 218 Å². The molecule has 7 N–H and O–H groups in total. The number of hydrogen-bond acceptors (Lipinski definition) is 12. The number of carboxylic acid groups (broad SMARTS) is 3. The van der Waals surface area contributed by atoms with Crippen molar-refractivity contribution in [2.24, 2.45) is 34.0 Å². The highest BCUT2D eigenvalue weighted by Crippen LogP contribution is 2.36. The number of carbonyl (C=O) groups is 9. The second kappa shape index (κ2) is 50.5. The fourth-order valence-electron chi connectivity index (χ4n) is 9.01. The van der Waals surface area contributed by atoms with Crippen LogP contribution in [0.2, 0.25) is 0 Å². The van der Waals surface area contributed by atoms with Crippen molar-refractivity contribution in [3.8, 4) is 11.5 Å². The zero-order valence-corrected chi connectivity index (χ0v) is 70.4. The van der Waals surface area contributed by atoms with Crippen molar-refractivity contribution < 1.29 is 112 Å². The molecule has 6 rings (SSSR count). The van der Waals surface area contributed by atoms with E-state index in [9.17, 15) is 82.7 Å². The van der Waals surface area contributed by atoms with Crippen LogP contribution in [0.25, 0.3) is 18.2 Å². The van der Waals surface area contributed by atoms with Gasteiger partial charge in [-0.3, -0.25) is 28.8 Å². The number of carboxylic acids is 3. The Hall–Kier alpha value is -11.1. The van der Waals surface area contributed by atoms with Crippen LogP contribution in [0, 0.1) is 54.8 Å². The molecule has 6 aromatic carbocycles. The molecule has 0 fully saturated rings. The highest BCUT2D eigenvalue weighted by Gasteiger charge is 2.34. The molecule has 3 unspecified atom stereocenters. The number of nitrogens with one attached hydrogen (secondary N) is 4. The summed E-state index contributed by atoms with van der Waals surface area (Å²) in [4.78, 5) is 102. The van der Waals surface area contributed by atoms with E-state index in [1.165, 1.54) is 30.4 Å². The van der Waals surface area contributed by atoms with Crippen LogP contribution >= 0.6 is 0 Å². The quantitative estimate of drug-likeness (QED) is 0.00700. The van der Waals surface area contributed by atoms with Crippen molar-refractivity contribution in [2.45, 2.75) is 207 Å². The first-order valence-electron chi connectivity index (χ1n) is 38.6. The van der Waals surface area contributed by atoms with Crippen LogP contribution in [0.5, 0.6) is 11.5 Å². The third-order valence-corrected chi connectivity index (χ3v) is 18.5. The minimum Gasteiger partial charge on any atom is -0.494 e. The van der Waals surface area contributed by atoms with Crippen LogP contribution in [0.4, 0.5) is 62.3 Å². The van der Waals surface area contributed by atoms with Crippen LogP contribution in [0.15, 0.2) is 146 Å². The fourth-order valence-corrected chi connectivity index (χ4v) is 9.01. The maximum atomic E-state index is 12.6. The molecule has 648 valence electrons. The van der Waals surface area contributed by atoms with Gasteiger partial charge in [0, 0.05) is 64.1 Å². The SMILES string of the molecule is CCC(C)(C)C(=O)Nc1ccc(/C=C/C(=O)O)cc1.CCC(C)(C)C(=O)OCCCCCCOc1ccc(/C=C/C(=O)O)cc1.CCC(C)(C)C(=O)Oc1ccc(/C=C/C(=O)O)cc1.CCC(C)C(=O)Nc1cc(C)cc(C(F)(F)F)c1.CCC(C)C(=O)Nc1cc(C)cc(C(F)(F)F)c1.CCC(C)C(=O)Nc1cc(C)cc(C(F)(F)F)c1. The summed E-state index contributed by atoms with van der Waals surface area (Å²) in [5, 5.41) is 36.0. The second-order valence-electron chi connectivity index (χ2n) is 29.9. The lowest BCUT2D eigenvalue weighted by molar-refractivity contribution is -0.154. The summed E-state index contributed by atoms with van der Waals surface area (Å²) in [5.74, 6) is -3.61. The van der Waals surface area contributed by atoms with Gasteiger partial charge in [-0.05, 0) is 255 Å². The molecule has 19 nitrogen and oxygen atoms in total. The lowest BCUT2D eigenvalue weighted by atomic mass is 9.89. The van der Waals surface area contributed by atoms with Crippen molar-refractivity contribution >= 4 is 94.5 Å². The van der Waals surface area contributed by atoms with Crippen molar-refractivity contribution in [3.05, 3.63) is 196 Å². The van der Waals surface area contributed by atoms with Gasteiger partial charge in [-0.15, -0.1) is 0 Å². The predicted octanol–water partition coefficient (Wildman–Crippen LogP) is 23.0. The first-order chi connectivity index (χ1) is 54.7. The molecule has 0 aliphatic heterocycles. The number of alkyl halides is 9. The maximum absolute atomic E-state index is 12.6. The molecule has 0 saturated carbocycles. The molecular weight excluding hydrogens is 1550 g/mol. The number of aliphatic carboxylic acids is 3. The van der Waals surface area contributed by atoms with Crippen LogP contribution in [0.3, 0.4) is 0 Å². The van der Waals surface area contributed by atoms with E-state index in [1.807, 2.05) is 107 Å². The Labute approximate surface area is 686 Å². The minimum atomic E-state index is -4.40. The third-order valence-electron chi connectivity index (χ3n) is 18.5. The number of halogens is 9. The third kappa shape index (κ3) is 42.2. The van der Waals surface area contributed by atoms with Gasteiger partial charge in [-0.2, -0.15) is 39.5 Å². The average molecular weight is 1660 g/mol. The van der Waals surface area contributed by atoms with Crippen LogP contribution in [-0.2, 0) is 66.4 Å². The summed E-state index contributed by atoms with van der Waals surface area (Å²) in [6.07, 6.45) is 2.56. The molecule has 3 atom stereocenters. The van der Waals surface area contributed by atoms with Gasteiger partial charge in [0.2, 0.25) is 23.6 Å². The number of benzene rings is 6. The number of anilines is 4. The van der Waals surface area contributed by atoms with Gasteiger partial charge in [0.25, 0.3) is 0 Å². The van der Waals surface area contributed by atoms with Gasteiger partial charge < -0.3 is 50.8 Å². The van der Waals surface area contributed by atoms with E-state index in [0.717, 1.165) is 116 Å². The zero-order valence-electron chi connectivity index (χ0n) is 70.4. The molecule has 6 aromatic rings. The smallest absolute Gasteiger partial charge is 0.416 e. The topological polar surface area (TPSA) is 290 Å². The Morgan fingerprint density at radius 2 is 0.669 bits per heavy atom. The van der Waals surface area contributed by atoms with Gasteiger partial charge in [0.1, 0.15) is 11.5 Å². The molecule has 0 aliphatic rings. The van der Waals surface area contributed by atoms with E-state index in [4.69, 9.17) is 29.5 Å². The lowest BCUT2D eigenvalue weighted by Gasteiger charge is -2.21. The standard InChI is InChI=1S/C21H30O5.C15H19NO3.C15H18O4.3C13H16F3NO/c1-4-21(2,3)20(24)26-16-8-6-5-7-15-25-18-12-9-17(10-13-18)11-14-19(22)23;1-4-15(2,3)14(19)16-12-8-5-11(6-9-12)7-10-13(17)18;1-4-15(2,3)14(18)19-12-8-5-11(6-9-12)7-10-13(16)17;3*1-4-9(3)12(18)17-11-6-8(2)5-10(7-11)13(14,15)16/h9-14H,4-8,15-16H2,1-3H3,(H,22,23);5-10H,4H2,1-3H3,(H,16,19)(H,17,18);5-10H,4H2,1-3H3,(H,16,17);3*5-7,9H,4H2,1-3H3,(H,17,18)/b14-11+;2*10-7+;;;. The van der Waals surface area contributed by atoms with Gasteiger partial charge in [0.05, 0.1) is 40.7 Å². The molecule has 0 heterocycles. The Balaban J connectivity index is 0.000000712. The summed E-state index contributed by atoms with van der Waals surface area (Å²) in [6, 6.07) is 31.6. The Kier molecular flexibility index (Phi) is 44.9. The van der Waals surface area contributed by atoms with E-state index in [0.29, 0.717) is 67.0 Å². The Morgan fingerprint density at radius 1 is 0.373 bits per heavy atom. The van der Waals surface area contributed by atoms with Crippen molar-refractivity contribution in [2.75, 3.05) is 34.5 Å². The van der Waals surface area contributed by atoms with E-state index in [2.05, 4.69) is 21.3 Å². The Morgan fingerprint density at radius 3 is 0.966 bits per heavy atom. The molecule has 118 heavy (non-hydrogen) atoms. The molecule has 28 heteroatoms. The Bertz CT molecular complexity index is 4010. The second-order valence-corrected chi connectivity index (χ2v) is 29.9.